The smallest absolute Gasteiger partial charge is 0.339 e. The molecule has 19 heavy (non-hydrogen) atoms. The third kappa shape index (κ3) is 3.10. The molecule has 0 spiro atoms. The van der Waals surface area contributed by atoms with Gasteiger partial charge < -0.3 is 9.47 Å². The van der Waals surface area contributed by atoms with Crippen molar-refractivity contribution in [3.8, 4) is 16.9 Å². The molecule has 0 amide bonds. The summed E-state index contributed by atoms with van der Waals surface area (Å²) in [6.45, 7) is 2.13. The molecule has 2 rings (SSSR count). The average Bonchev–Trinajstić information content (AvgIpc) is 2.48. The van der Waals surface area contributed by atoms with E-state index in [1.54, 1.807) is 26.3 Å². The number of rotatable bonds is 4. The average molecular weight is 257 g/mol. The van der Waals surface area contributed by atoms with E-state index in [0.29, 0.717) is 12.2 Å². The zero-order valence-corrected chi connectivity index (χ0v) is 10.9. The molecule has 0 N–H and O–H groups in total. The molecule has 0 unspecified atom stereocenters. The summed E-state index contributed by atoms with van der Waals surface area (Å²) < 4.78 is 10.1. The van der Waals surface area contributed by atoms with Crippen molar-refractivity contribution in [2.24, 2.45) is 0 Å². The number of pyridine rings is 1. The van der Waals surface area contributed by atoms with Crippen LogP contribution in [0.25, 0.3) is 11.1 Å². The number of esters is 1. The van der Waals surface area contributed by atoms with Crippen molar-refractivity contribution >= 4 is 5.97 Å². The van der Waals surface area contributed by atoms with Crippen molar-refractivity contribution in [2.45, 2.75) is 6.92 Å². The molecule has 2 aromatic rings. The van der Waals surface area contributed by atoms with Gasteiger partial charge in [-0.25, -0.2) is 4.79 Å². The number of methoxy groups -OCH3 is 1. The largest absolute Gasteiger partial charge is 0.497 e. The van der Waals surface area contributed by atoms with Gasteiger partial charge in [0.25, 0.3) is 0 Å². The fraction of sp³-hybridized carbons (Fsp3) is 0.200. The lowest BCUT2D eigenvalue weighted by atomic mass is 10.1. The molecule has 98 valence electrons. The molecule has 0 bridgehead atoms. The summed E-state index contributed by atoms with van der Waals surface area (Å²) in [6.07, 6.45) is 3.22. The third-order valence-corrected chi connectivity index (χ3v) is 2.67. The molecular weight excluding hydrogens is 242 g/mol. The molecular formula is C15H15NO3. The molecule has 0 aliphatic rings. The minimum atomic E-state index is -0.356. The van der Waals surface area contributed by atoms with E-state index in [1.807, 2.05) is 24.3 Å². The van der Waals surface area contributed by atoms with E-state index in [2.05, 4.69) is 4.98 Å². The van der Waals surface area contributed by atoms with Crippen molar-refractivity contribution in [2.75, 3.05) is 13.7 Å². The lowest BCUT2D eigenvalue weighted by Crippen LogP contribution is -2.05. The second-order valence-electron chi connectivity index (χ2n) is 3.91. The second kappa shape index (κ2) is 6.00. The quantitative estimate of drug-likeness (QED) is 0.790. The van der Waals surface area contributed by atoms with Gasteiger partial charge >= 0.3 is 5.97 Å². The van der Waals surface area contributed by atoms with Crippen LogP contribution >= 0.6 is 0 Å². The highest BCUT2D eigenvalue weighted by molar-refractivity contribution is 5.90. The van der Waals surface area contributed by atoms with Gasteiger partial charge in [-0.1, -0.05) is 12.1 Å². The molecule has 0 aliphatic heterocycles. The van der Waals surface area contributed by atoms with Crippen LogP contribution in [0.1, 0.15) is 17.3 Å². The standard InChI is InChI=1S/C15H15NO3/c1-3-19-15(17)13-8-12(9-16-10-13)11-4-6-14(18-2)7-5-11/h4-10H,3H2,1-2H3. The molecule has 0 radical (unpaired) electrons. The zero-order valence-electron chi connectivity index (χ0n) is 10.9. The van der Waals surface area contributed by atoms with Crippen LogP contribution in [0.3, 0.4) is 0 Å². The Balaban J connectivity index is 2.29. The monoisotopic (exact) mass is 257 g/mol. The number of hydrogen-bond acceptors (Lipinski definition) is 4. The fourth-order valence-electron chi connectivity index (χ4n) is 1.71. The molecule has 0 saturated carbocycles. The van der Waals surface area contributed by atoms with Gasteiger partial charge in [-0.3, -0.25) is 4.98 Å². The number of carbonyl (C=O) groups is 1. The summed E-state index contributed by atoms with van der Waals surface area (Å²) >= 11 is 0. The van der Waals surface area contributed by atoms with Gasteiger partial charge in [0.1, 0.15) is 5.75 Å². The first-order chi connectivity index (χ1) is 9.24. The van der Waals surface area contributed by atoms with Gasteiger partial charge in [-0.15, -0.1) is 0 Å². The Morgan fingerprint density at radius 3 is 2.53 bits per heavy atom. The van der Waals surface area contributed by atoms with Crippen LogP contribution in [0.2, 0.25) is 0 Å². The van der Waals surface area contributed by atoms with Gasteiger partial charge in [-0.05, 0) is 30.7 Å². The van der Waals surface area contributed by atoms with E-state index in [-0.39, 0.29) is 5.97 Å². The summed E-state index contributed by atoms with van der Waals surface area (Å²) in [7, 11) is 1.62. The van der Waals surface area contributed by atoms with Gasteiger partial charge in [0.15, 0.2) is 0 Å². The van der Waals surface area contributed by atoms with Crippen molar-refractivity contribution in [1.82, 2.24) is 4.98 Å². The summed E-state index contributed by atoms with van der Waals surface area (Å²) in [6, 6.07) is 9.35. The Kier molecular flexibility index (Phi) is 4.13. The summed E-state index contributed by atoms with van der Waals surface area (Å²) in [5, 5.41) is 0. The number of nitrogens with zero attached hydrogens (tertiary/aromatic N) is 1. The highest BCUT2D eigenvalue weighted by atomic mass is 16.5. The summed E-state index contributed by atoms with van der Waals surface area (Å²) in [4.78, 5) is 15.7. The molecule has 0 saturated heterocycles. The topological polar surface area (TPSA) is 48.4 Å². The van der Waals surface area contributed by atoms with E-state index in [4.69, 9.17) is 9.47 Å². The van der Waals surface area contributed by atoms with Crippen LogP contribution in [0.15, 0.2) is 42.7 Å². The lowest BCUT2D eigenvalue weighted by molar-refractivity contribution is 0.0526. The highest BCUT2D eigenvalue weighted by Gasteiger charge is 2.08. The lowest BCUT2D eigenvalue weighted by Gasteiger charge is -2.05. The minimum Gasteiger partial charge on any atom is -0.497 e. The van der Waals surface area contributed by atoms with E-state index in [9.17, 15) is 4.79 Å². The molecule has 1 heterocycles. The Bertz CT molecular complexity index is 564. The van der Waals surface area contributed by atoms with E-state index in [0.717, 1.165) is 16.9 Å². The van der Waals surface area contributed by atoms with Crippen LogP contribution in [0, 0.1) is 0 Å². The molecule has 0 fully saturated rings. The maximum Gasteiger partial charge on any atom is 0.339 e. The Hall–Kier alpha value is -2.36. The predicted molar refractivity (Wildman–Crippen MR) is 72.2 cm³/mol. The van der Waals surface area contributed by atoms with E-state index >= 15 is 0 Å². The van der Waals surface area contributed by atoms with Gasteiger partial charge in [-0.2, -0.15) is 0 Å². The summed E-state index contributed by atoms with van der Waals surface area (Å²) in [5.74, 6) is 0.434. The Labute approximate surface area is 112 Å². The van der Waals surface area contributed by atoms with Crippen molar-refractivity contribution in [3.63, 3.8) is 0 Å². The number of benzene rings is 1. The van der Waals surface area contributed by atoms with Crippen molar-refractivity contribution in [1.29, 1.82) is 0 Å². The molecule has 1 aromatic carbocycles. The molecule has 1 aromatic heterocycles. The second-order valence-corrected chi connectivity index (χ2v) is 3.91. The third-order valence-electron chi connectivity index (χ3n) is 2.67. The first kappa shape index (κ1) is 13.1. The van der Waals surface area contributed by atoms with Crippen molar-refractivity contribution < 1.29 is 14.3 Å². The number of aromatic nitrogens is 1. The predicted octanol–water partition coefficient (Wildman–Crippen LogP) is 2.93. The Morgan fingerprint density at radius 2 is 1.89 bits per heavy atom. The van der Waals surface area contributed by atoms with Crippen LogP contribution in [0.5, 0.6) is 5.75 Å². The number of carbonyl (C=O) groups excluding carboxylic acids is 1. The van der Waals surface area contributed by atoms with E-state index in [1.165, 1.54) is 6.20 Å². The molecule has 0 atom stereocenters. The fourth-order valence-corrected chi connectivity index (χ4v) is 1.71. The first-order valence-electron chi connectivity index (χ1n) is 6.01. The number of ether oxygens (including phenoxy) is 2. The zero-order chi connectivity index (χ0) is 13.7. The molecule has 4 heteroatoms. The SMILES string of the molecule is CCOC(=O)c1cncc(-c2ccc(OC)cc2)c1. The van der Waals surface area contributed by atoms with Crippen LogP contribution < -0.4 is 4.74 Å². The van der Waals surface area contributed by atoms with Gasteiger partial charge in [0.2, 0.25) is 0 Å². The first-order valence-corrected chi connectivity index (χ1v) is 6.01. The van der Waals surface area contributed by atoms with E-state index < -0.39 is 0 Å². The normalized spacial score (nSPS) is 10.0. The van der Waals surface area contributed by atoms with Gasteiger partial charge in [0.05, 0.1) is 19.3 Å². The molecule has 4 nitrogen and oxygen atoms in total. The van der Waals surface area contributed by atoms with Crippen LogP contribution in [-0.2, 0) is 4.74 Å². The van der Waals surface area contributed by atoms with Crippen LogP contribution in [0.4, 0.5) is 0 Å². The molecule has 0 aliphatic carbocycles. The highest BCUT2D eigenvalue weighted by Crippen LogP contribution is 2.22. The minimum absolute atomic E-state index is 0.353. The van der Waals surface area contributed by atoms with Crippen LogP contribution in [-0.4, -0.2) is 24.7 Å². The van der Waals surface area contributed by atoms with Gasteiger partial charge in [0, 0.05) is 18.0 Å². The maximum atomic E-state index is 11.6. The Morgan fingerprint density at radius 1 is 1.16 bits per heavy atom. The summed E-state index contributed by atoms with van der Waals surface area (Å²) in [5.41, 5.74) is 2.29. The maximum absolute atomic E-state index is 11.6. The van der Waals surface area contributed by atoms with Crippen molar-refractivity contribution in [3.05, 3.63) is 48.3 Å². The number of hydrogen-bond donors (Lipinski definition) is 0.